The monoisotopic (exact) mass is 276 g/mol. The van der Waals surface area contributed by atoms with E-state index in [0.29, 0.717) is 5.41 Å². The Morgan fingerprint density at radius 1 is 1.30 bits per heavy atom. The summed E-state index contributed by atoms with van der Waals surface area (Å²) in [5.74, 6) is 0.935. The van der Waals surface area contributed by atoms with Crippen LogP contribution in [-0.2, 0) is 0 Å². The van der Waals surface area contributed by atoms with Crippen molar-refractivity contribution in [1.82, 2.24) is 4.90 Å². The highest BCUT2D eigenvalue weighted by Gasteiger charge is 2.29. The molecule has 1 fully saturated rings. The smallest absolute Gasteiger partial charge is 0.119 e. The molecule has 1 aromatic carbocycles. The summed E-state index contributed by atoms with van der Waals surface area (Å²) in [5, 5.41) is 0. The van der Waals surface area contributed by atoms with E-state index in [4.69, 9.17) is 10.5 Å². The largest absolute Gasteiger partial charge is 0.494 e. The average molecular weight is 276 g/mol. The Balaban J connectivity index is 1.87. The molecule has 1 unspecified atom stereocenters. The lowest BCUT2D eigenvalue weighted by atomic mass is 9.93. The molecule has 1 aliphatic heterocycles. The van der Waals surface area contributed by atoms with Gasteiger partial charge in [0.05, 0.1) is 6.61 Å². The van der Waals surface area contributed by atoms with Crippen LogP contribution in [0.1, 0.15) is 45.2 Å². The lowest BCUT2D eigenvalue weighted by Crippen LogP contribution is -2.31. The first kappa shape index (κ1) is 15.3. The van der Waals surface area contributed by atoms with Gasteiger partial charge in [0, 0.05) is 19.1 Å². The number of nitrogens with zero attached hydrogens (tertiary/aromatic N) is 1. The van der Waals surface area contributed by atoms with E-state index < -0.39 is 0 Å². The molecule has 0 aromatic heterocycles. The Kier molecular flexibility index (Phi) is 5.06. The number of rotatable bonds is 6. The van der Waals surface area contributed by atoms with Gasteiger partial charge in [-0.1, -0.05) is 32.9 Å². The van der Waals surface area contributed by atoms with E-state index in [1.165, 1.54) is 18.5 Å². The van der Waals surface area contributed by atoms with Crippen LogP contribution in [-0.4, -0.2) is 31.1 Å². The molecule has 0 bridgehead atoms. The summed E-state index contributed by atoms with van der Waals surface area (Å²) in [4.78, 5) is 2.48. The Labute approximate surface area is 123 Å². The van der Waals surface area contributed by atoms with Crippen LogP contribution in [0.15, 0.2) is 24.3 Å². The molecular formula is C17H28N2O. The minimum Gasteiger partial charge on any atom is -0.494 e. The summed E-state index contributed by atoms with van der Waals surface area (Å²) >= 11 is 0. The maximum Gasteiger partial charge on any atom is 0.119 e. The number of hydrogen-bond donors (Lipinski definition) is 1. The molecule has 1 heterocycles. The van der Waals surface area contributed by atoms with E-state index in [2.05, 4.69) is 37.8 Å². The summed E-state index contributed by atoms with van der Waals surface area (Å²) in [7, 11) is 0. The first-order valence-corrected chi connectivity index (χ1v) is 7.71. The second-order valence-electron chi connectivity index (χ2n) is 6.67. The fourth-order valence-corrected chi connectivity index (χ4v) is 2.79. The van der Waals surface area contributed by atoms with E-state index in [1.807, 2.05) is 12.1 Å². The van der Waals surface area contributed by atoms with Crippen LogP contribution < -0.4 is 10.5 Å². The molecule has 0 spiro atoms. The fraction of sp³-hybridized carbons (Fsp3) is 0.647. The standard InChI is InChI=1S/C17H28N2O/c1-4-11-20-15-7-5-14(6-8-15)16(18)12-19-10-9-17(2,3)13-19/h5-8,16H,4,9-13,18H2,1-3H3. The summed E-state index contributed by atoms with van der Waals surface area (Å²) in [5.41, 5.74) is 7.97. The second kappa shape index (κ2) is 6.59. The van der Waals surface area contributed by atoms with Gasteiger partial charge in [-0.25, -0.2) is 0 Å². The number of likely N-dealkylation sites (tertiary alicyclic amines) is 1. The van der Waals surface area contributed by atoms with Crippen LogP contribution in [0.2, 0.25) is 0 Å². The van der Waals surface area contributed by atoms with Gasteiger partial charge >= 0.3 is 0 Å². The van der Waals surface area contributed by atoms with Crippen molar-refractivity contribution in [3.8, 4) is 5.75 Å². The van der Waals surface area contributed by atoms with Crippen LogP contribution in [0, 0.1) is 5.41 Å². The molecule has 0 radical (unpaired) electrons. The first-order chi connectivity index (χ1) is 9.50. The van der Waals surface area contributed by atoms with E-state index in [1.54, 1.807) is 0 Å². The maximum atomic E-state index is 6.33. The molecule has 1 saturated heterocycles. The van der Waals surface area contributed by atoms with Crippen LogP contribution in [0.4, 0.5) is 0 Å². The third kappa shape index (κ3) is 4.22. The predicted octanol–water partition coefficient (Wildman–Crippen LogP) is 3.21. The highest BCUT2D eigenvalue weighted by atomic mass is 16.5. The summed E-state index contributed by atoms with van der Waals surface area (Å²) in [6.45, 7) is 10.8. The highest BCUT2D eigenvalue weighted by molar-refractivity contribution is 5.29. The lowest BCUT2D eigenvalue weighted by molar-refractivity contribution is 0.276. The molecule has 2 rings (SSSR count). The quantitative estimate of drug-likeness (QED) is 0.867. The van der Waals surface area contributed by atoms with E-state index in [-0.39, 0.29) is 6.04 Å². The van der Waals surface area contributed by atoms with Gasteiger partial charge < -0.3 is 15.4 Å². The molecule has 3 heteroatoms. The van der Waals surface area contributed by atoms with Gasteiger partial charge in [-0.3, -0.25) is 0 Å². The van der Waals surface area contributed by atoms with Crippen molar-refractivity contribution in [2.75, 3.05) is 26.2 Å². The Morgan fingerprint density at radius 3 is 2.55 bits per heavy atom. The Hall–Kier alpha value is -1.06. The number of hydrogen-bond acceptors (Lipinski definition) is 3. The molecule has 1 aromatic rings. The molecule has 0 aliphatic carbocycles. The first-order valence-electron chi connectivity index (χ1n) is 7.71. The van der Waals surface area contributed by atoms with E-state index >= 15 is 0 Å². The highest BCUT2D eigenvalue weighted by Crippen LogP contribution is 2.29. The Bertz CT molecular complexity index is 414. The van der Waals surface area contributed by atoms with Crippen LogP contribution in [0.25, 0.3) is 0 Å². The van der Waals surface area contributed by atoms with Crippen molar-refractivity contribution in [3.63, 3.8) is 0 Å². The van der Waals surface area contributed by atoms with Gasteiger partial charge in [-0.05, 0) is 42.5 Å². The van der Waals surface area contributed by atoms with Crippen molar-refractivity contribution >= 4 is 0 Å². The third-order valence-electron chi connectivity index (χ3n) is 3.99. The molecule has 0 saturated carbocycles. The molecular weight excluding hydrogens is 248 g/mol. The molecule has 1 aliphatic rings. The predicted molar refractivity (Wildman–Crippen MR) is 84.0 cm³/mol. The van der Waals surface area contributed by atoms with Crippen LogP contribution in [0.5, 0.6) is 5.75 Å². The second-order valence-corrected chi connectivity index (χ2v) is 6.67. The lowest BCUT2D eigenvalue weighted by Gasteiger charge is -2.23. The van der Waals surface area contributed by atoms with E-state index in [0.717, 1.165) is 31.9 Å². The van der Waals surface area contributed by atoms with Crippen molar-refractivity contribution in [3.05, 3.63) is 29.8 Å². The normalized spacial score (nSPS) is 20.0. The van der Waals surface area contributed by atoms with Gasteiger partial charge in [0.2, 0.25) is 0 Å². The summed E-state index contributed by atoms with van der Waals surface area (Å²) in [6.07, 6.45) is 2.30. The van der Waals surface area contributed by atoms with E-state index in [9.17, 15) is 0 Å². The zero-order valence-corrected chi connectivity index (χ0v) is 13.1. The van der Waals surface area contributed by atoms with Crippen molar-refractivity contribution in [2.24, 2.45) is 11.1 Å². The van der Waals surface area contributed by atoms with Gasteiger partial charge in [-0.2, -0.15) is 0 Å². The maximum absolute atomic E-state index is 6.33. The molecule has 20 heavy (non-hydrogen) atoms. The third-order valence-corrected chi connectivity index (χ3v) is 3.99. The number of nitrogens with two attached hydrogens (primary N) is 1. The fourth-order valence-electron chi connectivity index (χ4n) is 2.79. The van der Waals surface area contributed by atoms with Gasteiger partial charge in [-0.15, -0.1) is 0 Å². The zero-order valence-electron chi connectivity index (χ0n) is 13.1. The molecule has 0 amide bonds. The number of ether oxygens (including phenoxy) is 1. The minimum atomic E-state index is 0.0872. The van der Waals surface area contributed by atoms with Crippen molar-refractivity contribution in [1.29, 1.82) is 0 Å². The number of benzene rings is 1. The molecule has 112 valence electrons. The average Bonchev–Trinajstić information content (AvgIpc) is 2.76. The SMILES string of the molecule is CCCOc1ccc(C(N)CN2CCC(C)(C)C2)cc1. The molecule has 1 atom stereocenters. The minimum absolute atomic E-state index is 0.0872. The van der Waals surface area contributed by atoms with Gasteiger partial charge in [0.1, 0.15) is 5.75 Å². The zero-order chi connectivity index (χ0) is 14.6. The Morgan fingerprint density at radius 2 is 2.00 bits per heavy atom. The topological polar surface area (TPSA) is 38.5 Å². The summed E-state index contributed by atoms with van der Waals surface area (Å²) in [6, 6.07) is 8.33. The summed E-state index contributed by atoms with van der Waals surface area (Å²) < 4.78 is 5.60. The molecule has 2 N–H and O–H groups in total. The van der Waals surface area contributed by atoms with Crippen molar-refractivity contribution < 1.29 is 4.74 Å². The van der Waals surface area contributed by atoms with Crippen LogP contribution in [0.3, 0.4) is 0 Å². The van der Waals surface area contributed by atoms with Crippen molar-refractivity contribution in [2.45, 2.75) is 39.7 Å². The van der Waals surface area contributed by atoms with Gasteiger partial charge in [0.25, 0.3) is 0 Å². The van der Waals surface area contributed by atoms with Crippen LogP contribution >= 0.6 is 0 Å². The van der Waals surface area contributed by atoms with Gasteiger partial charge in [0.15, 0.2) is 0 Å². The molecule has 3 nitrogen and oxygen atoms in total.